The van der Waals surface area contributed by atoms with Gasteiger partial charge in [-0.15, -0.1) is 0 Å². The molecular weight excluding hydrogens is 329 g/mol. The molecule has 0 atom stereocenters. The molecule has 1 saturated carbocycles. The standard InChI is InChI=1S/C14H15BrFNO3/c15-10-2-1-3-11(16)12(10)17-13(18)8-4-6-9(7-5-8)14(19)20/h1-3,8-9H,4-7H2,(H,17,18)(H,19,20). The van der Waals surface area contributed by atoms with Crippen molar-refractivity contribution in [2.75, 3.05) is 5.32 Å². The molecule has 1 fully saturated rings. The van der Waals surface area contributed by atoms with Gasteiger partial charge in [-0.25, -0.2) is 4.39 Å². The molecule has 1 amide bonds. The predicted molar refractivity (Wildman–Crippen MR) is 75.8 cm³/mol. The summed E-state index contributed by atoms with van der Waals surface area (Å²) >= 11 is 3.20. The number of carboxylic acids is 1. The number of benzene rings is 1. The molecule has 1 aromatic carbocycles. The molecule has 6 heteroatoms. The van der Waals surface area contributed by atoms with E-state index in [1.54, 1.807) is 12.1 Å². The van der Waals surface area contributed by atoms with E-state index in [-0.39, 0.29) is 23.4 Å². The number of nitrogens with one attached hydrogen (secondary N) is 1. The summed E-state index contributed by atoms with van der Waals surface area (Å²) in [5.41, 5.74) is 0.137. The number of carbonyl (C=O) groups excluding carboxylic acids is 1. The third-order valence-corrected chi connectivity index (χ3v) is 4.32. The molecule has 0 spiro atoms. The van der Waals surface area contributed by atoms with E-state index in [2.05, 4.69) is 21.2 Å². The van der Waals surface area contributed by atoms with Crippen molar-refractivity contribution in [3.8, 4) is 0 Å². The van der Waals surface area contributed by atoms with Crippen LogP contribution in [0, 0.1) is 17.7 Å². The number of amides is 1. The van der Waals surface area contributed by atoms with E-state index in [1.807, 2.05) is 0 Å². The van der Waals surface area contributed by atoms with Crippen LogP contribution in [0.1, 0.15) is 25.7 Å². The Kier molecular flexibility index (Phi) is 4.75. The summed E-state index contributed by atoms with van der Waals surface area (Å²) in [5, 5.41) is 11.5. The third kappa shape index (κ3) is 3.36. The number of carboxylic acid groups (broad SMARTS) is 1. The van der Waals surface area contributed by atoms with Crippen LogP contribution in [0.25, 0.3) is 0 Å². The minimum absolute atomic E-state index is 0.137. The number of anilines is 1. The van der Waals surface area contributed by atoms with Crippen LogP contribution in [-0.2, 0) is 9.59 Å². The van der Waals surface area contributed by atoms with Crippen LogP contribution < -0.4 is 5.32 Å². The van der Waals surface area contributed by atoms with Crippen LogP contribution >= 0.6 is 15.9 Å². The normalized spacial score (nSPS) is 22.3. The first-order chi connectivity index (χ1) is 9.49. The minimum Gasteiger partial charge on any atom is -0.481 e. The Morgan fingerprint density at radius 3 is 2.35 bits per heavy atom. The van der Waals surface area contributed by atoms with E-state index >= 15 is 0 Å². The molecule has 0 saturated heterocycles. The van der Waals surface area contributed by atoms with Crippen LogP contribution in [0.2, 0.25) is 0 Å². The van der Waals surface area contributed by atoms with Gasteiger partial charge in [0.15, 0.2) is 0 Å². The fraction of sp³-hybridized carbons (Fsp3) is 0.429. The minimum atomic E-state index is -0.805. The van der Waals surface area contributed by atoms with Gasteiger partial charge < -0.3 is 10.4 Å². The van der Waals surface area contributed by atoms with Crippen molar-refractivity contribution in [3.05, 3.63) is 28.5 Å². The van der Waals surface area contributed by atoms with Gasteiger partial charge in [0.2, 0.25) is 5.91 Å². The van der Waals surface area contributed by atoms with Crippen molar-refractivity contribution in [2.45, 2.75) is 25.7 Å². The van der Waals surface area contributed by atoms with Gasteiger partial charge in [-0.1, -0.05) is 6.07 Å². The maximum atomic E-state index is 13.6. The number of hydrogen-bond donors (Lipinski definition) is 2. The van der Waals surface area contributed by atoms with Crippen LogP contribution in [0.4, 0.5) is 10.1 Å². The first kappa shape index (κ1) is 15.0. The van der Waals surface area contributed by atoms with Gasteiger partial charge in [0.25, 0.3) is 0 Å². The molecule has 1 aliphatic rings. The van der Waals surface area contributed by atoms with Crippen molar-refractivity contribution < 1.29 is 19.1 Å². The molecule has 0 radical (unpaired) electrons. The SMILES string of the molecule is O=C(O)C1CCC(C(=O)Nc2c(F)cccc2Br)CC1. The van der Waals surface area contributed by atoms with Gasteiger partial charge in [-0.3, -0.25) is 9.59 Å². The second-order valence-corrected chi connectivity index (χ2v) is 5.83. The van der Waals surface area contributed by atoms with Crippen LogP contribution in [-0.4, -0.2) is 17.0 Å². The lowest BCUT2D eigenvalue weighted by molar-refractivity contribution is -0.143. The Morgan fingerprint density at radius 1 is 1.20 bits per heavy atom. The van der Waals surface area contributed by atoms with Crippen LogP contribution in [0.5, 0.6) is 0 Å². The maximum Gasteiger partial charge on any atom is 0.306 e. The Labute approximate surface area is 124 Å². The Morgan fingerprint density at radius 2 is 1.80 bits per heavy atom. The van der Waals surface area contributed by atoms with E-state index in [4.69, 9.17) is 5.11 Å². The van der Waals surface area contributed by atoms with Crippen molar-refractivity contribution in [2.24, 2.45) is 11.8 Å². The molecular formula is C14H15BrFNO3. The zero-order valence-electron chi connectivity index (χ0n) is 10.7. The Hall–Kier alpha value is -1.43. The zero-order chi connectivity index (χ0) is 14.7. The predicted octanol–water partition coefficient (Wildman–Crippen LogP) is 3.42. The largest absolute Gasteiger partial charge is 0.481 e. The van der Waals surface area contributed by atoms with Gasteiger partial charge >= 0.3 is 5.97 Å². The summed E-state index contributed by atoms with van der Waals surface area (Å²) < 4.78 is 14.1. The van der Waals surface area contributed by atoms with Crippen molar-refractivity contribution in [3.63, 3.8) is 0 Å². The zero-order valence-corrected chi connectivity index (χ0v) is 12.3. The fourth-order valence-corrected chi connectivity index (χ4v) is 2.89. The van der Waals surface area contributed by atoms with Gasteiger partial charge in [0.05, 0.1) is 11.6 Å². The number of carbonyl (C=O) groups is 2. The summed E-state index contributed by atoms with van der Waals surface area (Å²) in [6.45, 7) is 0. The second-order valence-electron chi connectivity index (χ2n) is 4.97. The first-order valence-electron chi connectivity index (χ1n) is 6.46. The maximum absolute atomic E-state index is 13.6. The van der Waals surface area contributed by atoms with Gasteiger partial charge in [0, 0.05) is 10.4 Å². The molecule has 108 valence electrons. The molecule has 0 bridgehead atoms. The Bertz CT molecular complexity index is 507. The molecule has 2 N–H and O–H groups in total. The lowest BCUT2D eigenvalue weighted by Crippen LogP contribution is -2.29. The molecule has 0 unspecified atom stereocenters. The molecule has 0 heterocycles. The van der Waals surface area contributed by atoms with Gasteiger partial charge in [-0.05, 0) is 53.7 Å². The number of halogens is 2. The molecule has 0 aliphatic heterocycles. The molecule has 0 aromatic heterocycles. The van der Waals surface area contributed by atoms with Crippen molar-refractivity contribution in [1.82, 2.24) is 0 Å². The van der Waals surface area contributed by atoms with Crippen LogP contribution in [0.15, 0.2) is 22.7 Å². The highest BCUT2D eigenvalue weighted by molar-refractivity contribution is 9.10. The fourth-order valence-electron chi connectivity index (χ4n) is 2.45. The second kappa shape index (κ2) is 6.35. The van der Waals surface area contributed by atoms with Gasteiger partial charge in [0.1, 0.15) is 5.82 Å². The summed E-state index contributed by atoms with van der Waals surface area (Å²) in [7, 11) is 0. The third-order valence-electron chi connectivity index (χ3n) is 3.66. The van der Waals surface area contributed by atoms with E-state index < -0.39 is 11.8 Å². The molecule has 1 aliphatic carbocycles. The number of hydrogen-bond acceptors (Lipinski definition) is 2. The summed E-state index contributed by atoms with van der Waals surface area (Å²) in [6, 6.07) is 4.48. The van der Waals surface area contributed by atoms with E-state index in [1.165, 1.54) is 6.07 Å². The van der Waals surface area contributed by atoms with Crippen molar-refractivity contribution >= 4 is 33.5 Å². The lowest BCUT2D eigenvalue weighted by Gasteiger charge is -2.25. The van der Waals surface area contributed by atoms with Crippen LogP contribution in [0.3, 0.4) is 0 Å². The lowest BCUT2D eigenvalue weighted by atomic mass is 9.81. The smallest absolute Gasteiger partial charge is 0.306 e. The number of aliphatic carboxylic acids is 1. The Balaban J connectivity index is 1.98. The average molecular weight is 344 g/mol. The summed E-state index contributed by atoms with van der Waals surface area (Å²) in [4.78, 5) is 23.0. The van der Waals surface area contributed by atoms with Crippen molar-refractivity contribution in [1.29, 1.82) is 0 Å². The van der Waals surface area contributed by atoms with E-state index in [9.17, 15) is 14.0 Å². The highest BCUT2D eigenvalue weighted by atomic mass is 79.9. The number of para-hydroxylation sites is 1. The quantitative estimate of drug-likeness (QED) is 0.883. The highest BCUT2D eigenvalue weighted by Gasteiger charge is 2.30. The molecule has 4 nitrogen and oxygen atoms in total. The molecule has 20 heavy (non-hydrogen) atoms. The molecule has 1 aromatic rings. The van der Waals surface area contributed by atoms with Gasteiger partial charge in [-0.2, -0.15) is 0 Å². The van der Waals surface area contributed by atoms with E-state index in [0.717, 1.165) is 0 Å². The number of rotatable bonds is 3. The highest BCUT2D eigenvalue weighted by Crippen LogP contribution is 2.31. The summed E-state index contributed by atoms with van der Waals surface area (Å²) in [5.74, 6) is -2.16. The molecule has 2 rings (SSSR count). The summed E-state index contributed by atoms with van der Waals surface area (Å²) in [6.07, 6.45) is 2.03. The average Bonchev–Trinajstić information content (AvgIpc) is 2.43. The topological polar surface area (TPSA) is 66.4 Å². The first-order valence-corrected chi connectivity index (χ1v) is 7.26. The monoisotopic (exact) mass is 343 g/mol. The van der Waals surface area contributed by atoms with E-state index in [0.29, 0.717) is 30.2 Å².